The molecular formula is C13H17N3O3. The van der Waals surface area contributed by atoms with Gasteiger partial charge in [0.15, 0.2) is 0 Å². The van der Waals surface area contributed by atoms with Gasteiger partial charge in [-0.15, -0.1) is 0 Å². The third-order valence-corrected chi connectivity index (χ3v) is 2.84. The summed E-state index contributed by atoms with van der Waals surface area (Å²) in [6, 6.07) is 5.35. The first kappa shape index (κ1) is 13.4. The number of nitrogens with two attached hydrogens (primary N) is 1. The van der Waals surface area contributed by atoms with Gasteiger partial charge in [-0.05, 0) is 25.1 Å². The maximum absolute atomic E-state index is 11.4. The quantitative estimate of drug-likeness (QED) is 0.622. The van der Waals surface area contributed by atoms with Crippen molar-refractivity contribution in [1.29, 1.82) is 0 Å². The van der Waals surface area contributed by atoms with E-state index in [0.717, 1.165) is 5.52 Å². The van der Waals surface area contributed by atoms with E-state index in [0.29, 0.717) is 30.2 Å². The molecular weight excluding hydrogens is 246 g/mol. The van der Waals surface area contributed by atoms with E-state index in [9.17, 15) is 9.90 Å². The van der Waals surface area contributed by atoms with E-state index in [4.69, 9.17) is 10.5 Å². The maximum atomic E-state index is 11.4. The van der Waals surface area contributed by atoms with Crippen molar-refractivity contribution in [3.63, 3.8) is 0 Å². The molecule has 2 aromatic rings. The number of anilines is 1. The van der Waals surface area contributed by atoms with Crippen LogP contribution in [0.1, 0.15) is 19.2 Å². The van der Waals surface area contributed by atoms with Crippen LogP contribution in [0.25, 0.3) is 11.0 Å². The van der Waals surface area contributed by atoms with Crippen LogP contribution in [-0.2, 0) is 22.7 Å². The Kier molecular flexibility index (Phi) is 4.01. The minimum absolute atomic E-state index is 0.183. The highest BCUT2D eigenvalue weighted by molar-refractivity contribution is 5.80. The van der Waals surface area contributed by atoms with Crippen molar-refractivity contribution >= 4 is 22.7 Å². The number of carbonyl (C=O) groups excluding carboxylic acids is 1. The Morgan fingerprint density at radius 3 is 3.00 bits per heavy atom. The zero-order valence-electron chi connectivity index (χ0n) is 10.8. The maximum Gasteiger partial charge on any atom is 0.307 e. The number of imidazole rings is 1. The largest absolute Gasteiger partial charge is 0.466 e. The zero-order chi connectivity index (χ0) is 13.8. The van der Waals surface area contributed by atoms with Crippen LogP contribution >= 0.6 is 0 Å². The van der Waals surface area contributed by atoms with Crippen LogP contribution in [0.4, 0.5) is 5.69 Å². The van der Waals surface area contributed by atoms with Gasteiger partial charge < -0.3 is 20.1 Å². The van der Waals surface area contributed by atoms with E-state index in [-0.39, 0.29) is 19.0 Å². The first-order valence-corrected chi connectivity index (χ1v) is 6.16. The van der Waals surface area contributed by atoms with Crippen LogP contribution < -0.4 is 5.73 Å². The number of aromatic nitrogens is 2. The average Bonchev–Trinajstić information content (AvgIpc) is 2.73. The molecule has 1 aromatic carbocycles. The van der Waals surface area contributed by atoms with Crippen LogP contribution in [0.5, 0.6) is 0 Å². The first-order chi connectivity index (χ1) is 9.15. The summed E-state index contributed by atoms with van der Waals surface area (Å²) in [5.74, 6) is 0.258. The summed E-state index contributed by atoms with van der Waals surface area (Å²) in [4.78, 5) is 15.7. The Labute approximate surface area is 110 Å². The van der Waals surface area contributed by atoms with Gasteiger partial charge in [0.05, 0.1) is 24.1 Å². The second-order valence-electron chi connectivity index (χ2n) is 4.14. The molecule has 0 radical (unpaired) electrons. The number of hydrogen-bond acceptors (Lipinski definition) is 5. The topological polar surface area (TPSA) is 90.4 Å². The lowest BCUT2D eigenvalue weighted by Gasteiger charge is -2.07. The van der Waals surface area contributed by atoms with Gasteiger partial charge in [0.2, 0.25) is 0 Å². The highest BCUT2D eigenvalue weighted by Crippen LogP contribution is 2.19. The summed E-state index contributed by atoms with van der Waals surface area (Å²) in [6.45, 7) is 2.38. The number of fused-ring (bicyclic) bond motifs is 1. The van der Waals surface area contributed by atoms with Crippen LogP contribution in [0.2, 0.25) is 0 Å². The average molecular weight is 263 g/mol. The summed E-state index contributed by atoms with van der Waals surface area (Å²) in [6.07, 6.45) is 0.247. The fourth-order valence-corrected chi connectivity index (χ4v) is 2.00. The molecule has 1 heterocycles. The highest BCUT2D eigenvalue weighted by Gasteiger charge is 2.12. The third-order valence-electron chi connectivity index (χ3n) is 2.84. The molecule has 0 aliphatic heterocycles. The van der Waals surface area contributed by atoms with E-state index < -0.39 is 0 Å². The van der Waals surface area contributed by atoms with Gasteiger partial charge >= 0.3 is 5.97 Å². The number of hydrogen-bond donors (Lipinski definition) is 2. The van der Waals surface area contributed by atoms with Crippen LogP contribution in [0.15, 0.2) is 18.2 Å². The SMILES string of the molecule is CCOC(=O)CCn1c(CO)nc2cc(N)ccc21. The molecule has 0 spiro atoms. The number of rotatable bonds is 5. The number of aliphatic hydroxyl groups is 1. The van der Waals surface area contributed by atoms with Gasteiger partial charge in [0, 0.05) is 12.2 Å². The Hall–Kier alpha value is -2.08. The van der Waals surface area contributed by atoms with E-state index in [1.54, 1.807) is 19.1 Å². The summed E-state index contributed by atoms with van der Waals surface area (Å²) in [7, 11) is 0. The fourth-order valence-electron chi connectivity index (χ4n) is 2.00. The number of benzene rings is 1. The van der Waals surface area contributed by atoms with Gasteiger partial charge in [0.25, 0.3) is 0 Å². The number of carbonyl (C=O) groups is 1. The van der Waals surface area contributed by atoms with E-state index in [1.807, 2.05) is 10.6 Å². The van der Waals surface area contributed by atoms with Gasteiger partial charge in [-0.3, -0.25) is 4.79 Å². The monoisotopic (exact) mass is 263 g/mol. The molecule has 0 aliphatic carbocycles. The molecule has 1 aromatic heterocycles. The Morgan fingerprint density at radius 1 is 1.53 bits per heavy atom. The van der Waals surface area contributed by atoms with E-state index >= 15 is 0 Å². The number of aliphatic hydroxyl groups excluding tert-OH is 1. The number of nitrogen functional groups attached to an aromatic ring is 1. The molecule has 0 amide bonds. The number of ether oxygens (including phenoxy) is 1. The van der Waals surface area contributed by atoms with Crippen molar-refractivity contribution < 1.29 is 14.6 Å². The van der Waals surface area contributed by atoms with Crippen molar-refractivity contribution in [2.45, 2.75) is 26.5 Å². The zero-order valence-corrected chi connectivity index (χ0v) is 10.8. The number of esters is 1. The normalized spacial score (nSPS) is 10.8. The molecule has 0 aliphatic rings. The van der Waals surface area contributed by atoms with Gasteiger partial charge in [-0.1, -0.05) is 0 Å². The van der Waals surface area contributed by atoms with Crippen molar-refractivity contribution in [1.82, 2.24) is 9.55 Å². The van der Waals surface area contributed by atoms with Crippen molar-refractivity contribution in [3.05, 3.63) is 24.0 Å². The molecule has 102 valence electrons. The van der Waals surface area contributed by atoms with Crippen molar-refractivity contribution in [3.8, 4) is 0 Å². The number of aryl methyl sites for hydroxylation is 1. The predicted octanol–water partition coefficient (Wildman–Crippen LogP) is 1.06. The Morgan fingerprint density at radius 2 is 2.32 bits per heavy atom. The molecule has 0 saturated carbocycles. The van der Waals surface area contributed by atoms with Crippen molar-refractivity contribution in [2.24, 2.45) is 0 Å². The standard InChI is InChI=1S/C13H17N3O3/c1-2-19-13(18)5-6-16-11-4-3-9(14)7-10(11)15-12(16)8-17/h3-4,7,17H,2,5-6,8,14H2,1H3. The summed E-state index contributed by atoms with van der Waals surface area (Å²) >= 11 is 0. The predicted molar refractivity (Wildman–Crippen MR) is 71.3 cm³/mol. The molecule has 0 unspecified atom stereocenters. The van der Waals surface area contributed by atoms with Gasteiger partial charge in [-0.2, -0.15) is 0 Å². The summed E-state index contributed by atoms with van der Waals surface area (Å²) in [5.41, 5.74) is 7.88. The second kappa shape index (κ2) is 5.71. The van der Waals surface area contributed by atoms with Gasteiger partial charge in [0.1, 0.15) is 12.4 Å². The lowest BCUT2D eigenvalue weighted by Crippen LogP contribution is -2.11. The molecule has 3 N–H and O–H groups in total. The van der Waals surface area contributed by atoms with Crippen LogP contribution in [0.3, 0.4) is 0 Å². The van der Waals surface area contributed by atoms with Crippen molar-refractivity contribution in [2.75, 3.05) is 12.3 Å². The lowest BCUT2D eigenvalue weighted by atomic mass is 10.3. The summed E-state index contributed by atoms with van der Waals surface area (Å²) in [5, 5.41) is 9.33. The summed E-state index contributed by atoms with van der Waals surface area (Å²) < 4.78 is 6.70. The first-order valence-electron chi connectivity index (χ1n) is 6.16. The molecule has 0 saturated heterocycles. The molecule has 0 bridgehead atoms. The molecule has 19 heavy (non-hydrogen) atoms. The molecule has 0 atom stereocenters. The minimum Gasteiger partial charge on any atom is -0.466 e. The van der Waals surface area contributed by atoms with Gasteiger partial charge in [-0.25, -0.2) is 4.98 Å². The minimum atomic E-state index is -0.260. The molecule has 6 nitrogen and oxygen atoms in total. The number of nitrogens with zero attached hydrogens (tertiary/aromatic N) is 2. The third kappa shape index (κ3) is 2.85. The Bertz CT molecular complexity index is 592. The van der Waals surface area contributed by atoms with E-state index in [2.05, 4.69) is 4.98 Å². The Balaban J connectivity index is 2.27. The van der Waals surface area contributed by atoms with E-state index in [1.165, 1.54) is 0 Å². The fraction of sp³-hybridized carbons (Fsp3) is 0.385. The molecule has 2 rings (SSSR count). The highest BCUT2D eigenvalue weighted by atomic mass is 16.5. The van der Waals surface area contributed by atoms with Crippen LogP contribution in [-0.4, -0.2) is 27.2 Å². The van der Waals surface area contributed by atoms with Crippen LogP contribution in [0, 0.1) is 0 Å². The second-order valence-corrected chi connectivity index (χ2v) is 4.14. The smallest absolute Gasteiger partial charge is 0.307 e. The molecule has 6 heteroatoms. The lowest BCUT2D eigenvalue weighted by molar-refractivity contribution is -0.143. The molecule has 0 fully saturated rings.